The molecule has 44 heavy (non-hydrogen) atoms. The first-order chi connectivity index (χ1) is 21.0. The summed E-state index contributed by atoms with van der Waals surface area (Å²) in [6.45, 7) is 5.21. The topological polar surface area (TPSA) is 233 Å². The molecule has 1 aromatic rings. The third-order valence-electron chi connectivity index (χ3n) is 6.97. The minimum atomic E-state index is -1.40. The largest absolute Gasteiger partial charge is 0.458 e. The molecule has 17 heteroatoms. The van der Waals surface area contributed by atoms with Gasteiger partial charge in [-0.2, -0.15) is 0 Å². The van der Waals surface area contributed by atoms with Crippen molar-refractivity contribution in [3.8, 4) is 0 Å². The summed E-state index contributed by atoms with van der Waals surface area (Å²) in [6.07, 6.45) is -7.07. The summed E-state index contributed by atoms with van der Waals surface area (Å²) in [5, 5.41) is 10.1. The molecule has 17 nitrogen and oxygen atoms in total. The molecule has 0 aromatic heterocycles. The van der Waals surface area contributed by atoms with Gasteiger partial charge >= 0.3 is 24.0 Å². The number of carbonyl (C=O) groups excluding carboxylic acids is 4. The molecular weight excluding hydrogens is 582 g/mol. The zero-order chi connectivity index (χ0) is 32.2. The van der Waals surface area contributed by atoms with Crippen molar-refractivity contribution in [2.45, 2.75) is 108 Å². The summed E-state index contributed by atoms with van der Waals surface area (Å²) in [5.41, 5.74) is 19.2. The lowest BCUT2D eigenvalue weighted by molar-refractivity contribution is -0.287. The predicted octanol–water partition coefficient (Wildman–Crippen LogP) is 3.75. The SMILES string of the molecule is CC(=O)OC1CCC(C(C)NC(=O)OCc2ccccc2)OC1OC1C(N=[N+]=[N-])CC(N=[N+]=[N-])C(OC(C)=O)C1OC(C)=O. The molecule has 1 saturated carbocycles. The van der Waals surface area contributed by atoms with Gasteiger partial charge in [0.2, 0.25) is 0 Å². The third kappa shape index (κ3) is 9.74. The van der Waals surface area contributed by atoms with E-state index in [0.29, 0.717) is 6.42 Å². The van der Waals surface area contributed by atoms with Crippen molar-refractivity contribution < 1.29 is 47.6 Å². The van der Waals surface area contributed by atoms with Crippen LogP contribution in [0.2, 0.25) is 0 Å². The van der Waals surface area contributed by atoms with Crippen LogP contribution in [-0.4, -0.2) is 78.9 Å². The molecule has 1 heterocycles. The van der Waals surface area contributed by atoms with Crippen molar-refractivity contribution in [3.63, 3.8) is 0 Å². The molecule has 0 spiro atoms. The highest BCUT2D eigenvalue weighted by Crippen LogP contribution is 2.35. The third-order valence-corrected chi connectivity index (χ3v) is 6.97. The Morgan fingerprint density at radius 3 is 2.09 bits per heavy atom. The summed E-state index contributed by atoms with van der Waals surface area (Å²) in [7, 11) is 0. The molecule has 9 atom stereocenters. The number of hydrogen-bond donors (Lipinski definition) is 1. The Kier molecular flexibility index (Phi) is 12.6. The Hall–Kier alpha value is -4.56. The molecule has 9 unspecified atom stereocenters. The molecule has 2 fully saturated rings. The summed E-state index contributed by atoms with van der Waals surface area (Å²) in [4.78, 5) is 54.1. The average Bonchev–Trinajstić information content (AvgIpc) is 2.96. The summed E-state index contributed by atoms with van der Waals surface area (Å²) < 4.78 is 34.0. The molecule has 1 aromatic carbocycles. The maximum atomic E-state index is 12.5. The van der Waals surface area contributed by atoms with Crippen molar-refractivity contribution in [3.05, 3.63) is 56.8 Å². The first-order valence-electron chi connectivity index (χ1n) is 13.9. The van der Waals surface area contributed by atoms with E-state index in [1.165, 1.54) is 6.92 Å². The highest BCUT2D eigenvalue weighted by Gasteiger charge is 2.51. The van der Waals surface area contributed by atoms with Gasteiger partial charge in [0.25, 0.3) is 0 Å². The molecule has 2 aliphatic rings. The lowest BCUT2D eigenvalue weighted by Crippen LogP contribution is -2.61. The maximum Gasteiger partial charge on any atom is 0.407 e. The number of amides is 1. The van der Waals surface area contributed by atoms with Gasteiger partial charge in [-0.15, -0.1) is 0 Å². The molecule has 1 N–H and O–H groups in total. The summed E-state index contributed by atoms with van der Waals surface area (Å²) >= 11 is 0. The Morgan fingerprint density at radius 1 is 0.909 bits per heavy atom. The van der Waals surface area contributed by atoms with Crippen LogP contribution in [0.15, 0.2) is 40.6 Å². The van der Waals surface area contributed by atoms with Crippen LogP contribution < -0.4 is 5.32 Å². The van der Waals surface area contributed by atoms with Crippen LogP contribution in [0.25, 0.3) is 20.9 Å². The van der Waals surface area contributed by atoms with Crippen LogP contribution in [0, 0.1) is 0 Å². The van der Waals surface area contributed by atoms with Gasteiger partial charge in [0.15, 0.2) is 18.5 Å². The van der Waals surface area contributed by atoms with E-state index in [0.717, 1.165) is 19.4 Å². The number of carbonyl (C=O) groups is 4. The average molecular weight is 618 g/mol. The zero-order valence-electron chi connectivity index (χ0n) is 24.7. The Bertz CT molecular complexity index is 1270. The van der Waals surface area contributed by atoms with E-state index < -0.39 is 78.9 Å². The minimum absolute atomic E-state index is 0.0610. The second-order valence-corrected chi connectivity index (χ2v) is 10.3. The molecule has 0 radical (unpaired) electrons. The number of benzene rings is 1. The first-order valence-corrected chi connectivity index (χ1v) is 13.9. The van der Waals surface area contributed by atoms with Crippen LogP contribution in [0.5, 0.6) is 0 Å². The minimum Gasteiger partial charge on any atom is -0.458 e. The van der Waals surface area contributed by atoms with Crippen molar-refractivity contribution >= 4 is 24.0 Å². The molecule has 1 aliphatic carbocycles. The van der Waals surface area contributed by atoms with Crippen molar-refractivity contribution in [2.24, 2.45) is 10.2 Å². The molecule has 0 bridgehead atoms. The van der Waals surface area contributed by atoms with E-state index in [4.69, 9.17) is 34.0 Å². The van der Waals surface area contributed by atoms with Gasteiger partial charge in [-0.25, -0.2) is 4.79 Å². The van der Waals surface area contributed by atoms with E-state index in [9.17, 15) is 24.7 Å². The number of rotatable bonds is 11. The van der Waals surface area contributed by atoms with E-state index in [2.05, 4.69) is 25.4 Å². The lowest BCUT2D eigenvalue weighted by Gasteiger charge is -2.45. The highest BCUT2D eigenvalue weighted by molar-refractivity contribution is 5.68. The fraction of sp³-hybridized carbons (Fsp3) is 0.630. The number of ether oxygens (including phenoxy) is 6. The smallest absolute Gasteiger partial charge is 0.407 e. The molecule has 1 aliphatic heterocycles. The number of nitrogens with one attached hydrogen (secondary N) is 1. The maximum absolute atomic E-state index is 12.5. The fourth-order valence-electron chi connectivity index (χ4n) is 5.14. The second-order valence-electron chi connectivity index (χ2n) is 10.3. The normalized spacial score (nSPS) is 28.5. The molecule has 1 amide bonds. The van der Waals surface area contributed by atoms with Gasteiger partial charge in [-0.05, 0) is 42.8 Å². The number of alkyl carbamates (subject to hydrolysis) is 1. The van der Waals surface area contributed by atoms with Crippen molar-refractivity contribution in [2.75, 3.05) is 0 Å². The number of azide groups is 2. The first kappa shape index (κ1) is 33.9. The van der Waals surface area contributed by atoms with Crippen LogP contribution in [-0.2, 0) is 49.4 Å². The van der Waals surface area contributed by atoms with Gasteiger partial charge in [0, 0.05) is 30.6 Å². The Morgan fingerprint density at radius 2 is 1.50 bits per heavy atom. The Labute approximate surface area is 252 Å². The van der Waals surface area contributed by atoms with Crippen LogP contribution in [0.1, 0.15) is 52.5 Å². The van der Waals surface area contributed by atoms with Gasteiger partial charge in [-0.3, -0.25) is 14.4 Å². The molecule has 238 valence electrons. The fourth-order valence-corrected chi connectivity index (χ4v) is 5.14. The van der Waals surface area contributed by atoms with E-state index >= 15 is 0 Å². The quantitative estimate of drug-likeness (QED) is 0.124. The van der Waals surface area contributed by atoms with Crippen LogP contribution >= 0.6 is 0 Å². The number of nitrogens with zero attached hydrogens (tertiary/aromatic N) is 6. The highest BCUT2D eigenvalue weighted by atomic mass is 16.7. The predicted molar refractivity (Wildman–Crippen MR) is 149 cm³/mol. The zero-order valence-corrected chi connectivity index (χ0v) is 24.7. The van der Waals surface area contributed by atoms with Gasteiger partial charge < -0.3 is 33.7 Å². The number of hydrogen-bond acceptors (Lipinski definition) is 12. The molecular formula is C27H35N7O10. The molecule has 1 saturated heterocycles. The van der Waals surface area contributed by atoms with Gasteiger partial charge in [-0.1, -0.05) is 40.6 Å². The van der Waals surface area contributed by atoms with E-state index in [1.807, 2.05) is 30.3 Å². The van der Waals surface area contributed by atoms with Crippen LogP contribution in [0.3, 0.4) is 0 Å². The van der Waals surface area contributed by atoms with Gasteiger partial charge in [0.1, 0.15) is 18.8 Å². The van der Waals surface area contributed by atoms with Crippen molar-refractivity contribution in [1.82, 2.24) is 5.32 Å². The van der Waals surface area contributed by atoms with Gasteiger partial charge in [0.05, 0.1) is 24.2 Å². The number of esters is 3. The Balaban J connectivity index is 1.84. The van der Waals surface area contributed by atoms with Crippen LogP contribution in [0.4, 0.5) is 4.79 Å². The van der Waals surface area contributed by atoms with Crippen molar-refractivity contribution in [1.29, 1.82) is 0 Å². The monoisotopic (exact) mass is 617 g/mol. The standard InChI is InChI=1S/C27H35N7O10/c1-14(30-27(38)39-13-18-8-6-5-7-9-18)21-10-11-22(40-15(2)35)26(43-21)44-24-20(32-34-29)12-19(31-33-28)23(41-16(3)36)25(24)42-17(4)37/h5-9,14,19-26H,10-13H2,1-4H3,(H,30,38). The lowest BCUT2D eigenvalue weighted by atomic mass is 9.84. The van der Waals surface area contributed by atoms with E-state index in [-0.39, 0.29) is 19.4 Å². The van der Waals surface area contributed by atoms with E-state index in [1.54, 1.807) is 6.92 Å². The summed E-state index contributed by atoms with van der Waals surface area (Å²) in [6, 6.07) is 6.38. The summed E-state index contributed by atoms with van der Waals surface area (Å²) in [5.74, 6) is -2.15. The second kappa shape index (κ2) is 16.3. The molecule has 3 rings (SSSR count).